The van der Waals surface area contributed by atoms with Gasteiger partial charge in [0, 0.05) is 41.6 Å². The number of aromatic amines is 1. The molecule has 1 aromatic carbocycles. The lowest BCUT2D eigenvalue weighted by atomic mass is 9.92. The fraction of sp³-hybridized carbons (Fsp3) is 0.556. The molecule has 1 saturated carbocycles. The van der Waals surface area contributed by atoms with Crippen molar-refractivity contribution in [1.29, 1.82) is 0 Å². The molecule has 0 spiro atoms. The van der Waals surface area contributed by atoms with Crippen LogP contribution < -0.4 is 0 Å². The highest BCUT2D eigenvalue weighted by Crippen LogP contribution is 2.54. The minimum absolute atomic E-state index is 0.382. The molecule has 4 atom stereocenters. The van der Waals surface area contributed by atoms with Gasteiger partial charge in [0.1, 0.15) is 5.75 Å². The number of benzene rings is 1. The van der Waals surface area contributed by atoms with Gasteiger partial charge in [0.15, 0.2) is 0 Å². The Labute approximate surface area is 125 Å². The molecule has 21 heavy (non-hydrogen) atoms. The van der Waals surface area contributed by atoms with E-state index < -0.39 is 0 Å². The number of aromatic nitrogens is 1. The van der Waals surface area contributed by atoms with Crippen LogP contribution in [0, 0.1) is 11.8 Å². The van der Waals surface area contributed by atoms with Gasteiger partial charge < -0.3 is 10.1 Å². The highest BCUT2D eigenvalue weighted by atomic mass is 16.3. The summed E-state index contributed by atoms with van der Waals surface area (Å²) in [6.07, 6.45) is 3.79. The van der Waals surface area contributed by atoms with Crippen LogP contribution in [0.3, 0.4) is 0 Å². The highest BCUT2D eigenvalue weighted by molar-refractivity contribution is 5.86. The van der Waals surface area contributed by atoms with Crippen molar-refractivity contribution >= 4 is 10.9 Å². The number of hydrogen-bond donors (Lipinski definition) is 2. The summed E-state index contributed by atoms with van der Waals surface area (Å²) >= 11 is 0. The van der Waals surface area contributed by atoms with Crippen LogP contribution in [0.4, 0.5) is 0 Å². The average molecular weight is 282 g/mol. The maximum Gasteiger partial charge on any atom is 0.116 e. The Morgan fingerprint density at radius 2 is 2.29 bits per heavy atom. The van der Waals surface area contributed by atoms with Crippen molar-refractivity contribution in [2.45, 2.75) is 38.1 Å². The summed E-state index contributed by atoms with van der Waals surface area (Å²) in [5.41, 5.74) is 4.14. The number of nitrogens with one attached hydrogen (secondary N) is 1. The van der Waals surface area contributed by atoms with E-state index >= 15 is 0 Å². The fourth-order valence-electron chi connectivity index (χ4n) is 5.58. The smallest absolute Gasteiger partial charge is 0.116 e. The van der Waals surface area contributed by atoms with Gasteiger partial charge in [-0.1, -0.05) is 13.3 Å². The quantitative estimate of drug-likeness (QED) is 0.843. The fourth-order valence-corrected chi connectivity index (χ4v) is 5.58. The van der Waals surface area contributed by atoms with Gasteiger partial charge in [-0.15, -0.1) is 0 Å². The van der Waals surface area contributed by atoms with E-state index in [9.17, 15) is 5.11 Å². The molecule has 3 heteroatoms. The van der Waals surface area contributed by atoms with Crippen LogP contribution >= 0.6 is 0 Å². The van der Waals surface area contributed by atoms with Crippen LogP contribution in [0.1, 0.15) is 36.9 Å². The van der Waals surface area contributed by atoms with E-state index in [1.54, 1.807) is 6.07 Å². The van der Waals surface area contributed by atoms with Gasteiger partial charge in [-0.3, -0.25) is 4.90 Å². The molecule has 3 heterocycles. The number of nitrogens with zero attached hydrogens (tertiary/aromatic N) is 1. The van der Waals surface area contributed by atoms with Gasteiger partial charge >= 0.3 is 0 Å². The van der Waals surface area contributed by atoms with E-state index in [1.807, 2.05) is 12.1 Å². The Balaban J connectivity index is 1.70. The van der Waals surface area contributed by atoms with E-state index in [0.29, 0.717) is 11.7 Å². The number of rotatable bonds is 1. The normalized spacial score (nSPS) is 34.3. The monoisotopic (exact) mass is 282 g/mol. The molecular weight excluding hydrogens is 260 g/mol. The minimum Gasteiger partial charge on any atom is -0.508 e. The molecule has 2 fully saturated rings. The maximum atomic E-state index is 9.82. The van der Waals surface area contributed by atoms with Gasteiger partial charge in [-0.05, 0) is 48.4 Å². The summed E-state index contributed by atoms with van der Waals surface area (Å²) in [7, 11) is 0. The first kappa shape index (κ1) is 12.1. The van der Waals surface area contributed by atoms with E-state index in [4.69, 9.17) is 0 Å². The molecule has 1 saturated heterocycles. The Bertz CT molecular complexity index is 719. The molecule has 3 aliphatic rings. The number of piperidine rings is 1. The van der Waals surface area contributed by atoms with E-state index in [1.165, 1.54) is 48.1 Å². The van der Waals surface area contributed by atoms with Crippen LogP contribution in [0.15, 0.2) is 18.2 Å². The standard InChI is InChI=1S/C18H22N2O/c1-2-12-10-7-15-17-13(5-6-20(9-10)18(12)15)14-8-11(21)3-4-16(14)19-17/h3-4,8,10,12,15,18-19,21H,2,5-7,9H2,1H3/t10-,12?,15-,18-/m0/s1. The lowest BCUT2D eigenvalue weighted by Gasteiger charge is -2.31. The SMILES string of the molecule is CCC1[C@H]2C[C@H]3c4[nH]c5ccc(O)cc5c4CCN(C2)[C@@H]13. The van der Waals surface area contributed by atoms with Crippen LogP contribution in [0.2, 0.25) is 0 Å². The molecule has 0 amide bonds. The first-order valence-electron chi connectivity index (χ1n) is 8.33. The topological polar surface area (TPSA) is 39.3 Å². The maximum absolute atomic E-state index is 9.82. The predicted octanol–water partition coefficient (Wildman–Crippen LogP) is 3.24. The van der Waals surface area contributed by atoms with Crippen molar-refractivity contribution in [3.05, 3.63) is 29.5 Å². The summed E-state index contributed by atoms with van der Waals surface area (Å²) in [4.78, 5) is 6.45. The van der Waals surface area contributed by atoms with Gasteiger partial charge in [-0.2, -0.15) is 0 Å². The van der Waals surface area contributed by atoms with Crippen LogP contribution in [0.5, 0.6) is 5.75 Å². The molecule has 1 aromatic heterocycles. The molecule has 1 unspecified atom stereocenters. The summed E-state index contributed by atoms with van der Waals surface area (Å²) in [5.74, 6) is 2.85. The van der Waals surface area contributed by atoms with Crippen molar-refractivity contribution < 1.29 is 5.11 Å². The summed E-state index contributed by atoms with van der Waals surface area (Å²) < 4.78 is 0. The third kappa shape index (κ3) is 1.48. The Kier molecular flexibility index (Phi) is 2.33. The first-order chi connectivity index (χ1) is 10.3. The first-order valence-corrected chi connectivity index (χ1v) is 8.33. The molecule has 3 nitrogen and oxygen atoms in total. The molecule has 2 aromatic rings. The molecule has 0 radical (unpaired) electrons. The molecule has 1 aliphatic carbocycles. The molecule has 2 bridgehead atoms. The second-order valence-electron chi connectivity index (χ2n) is 7.16. The van der Waals surface area contributed by atoms with Gasteiger partial charge in [0.25, 0.3) is 0 Å². The average Bonchev–Trinajstić information content (AvgIpc) is 3.10. The minimum atomic E-state index is 0.382. The largest absolute Gasteiger partial charge is 0.508 e. The Morgan fingerprint density at radius 3 is 3.10 bits per heavy atom. The zero-order valence-electron chi connectivity index (χ0n) is 12.5. The molecule has 2 N–H and O–H groups in total. The predicted molar refractivity (Wildman–Crippen MR) is 83.7 cm³/mol. The van der Waals surface area contributed by atoms with E-state index in [2.05, 4.69) is 16.8 Å². The Hall–Kier alpha value is -1.48. The lowest BCUT2D eigenvalue weighted by molar-refractivity contribution is 0.193. The van der Waals surface area contributed by atoms with Gasteiger partial charge in [0.05, 0.1) is 0 Å². The van der Waals surface area contributed by atoms with Crippen LogP contribution in [0.25, 0.3) is 10.9 Å². The van der Waals surface area contributed by atoms with Crippen molar-refractivity contribution in [3.63, 3.8) is 0 Å². The lowest BCUT2D eigenvalue weighted by Crippen LogP contribution is -2.37. The summed E-state index contributed by atoms with van der Waals surface area (Å²) in [5, 5.41) is 11.1. The molecule has 5 rings (SSSR count). The number of aromatic hydroxyl groups is 1. The molecular formula is C18H22N2O. The van der Waals surface area contributed by atoms with Gasteiger partial charge in [-0.25, -0.2) is 0 Å². The zero-order chi connectivity index (χ0) is 14.1. The Morgan fingerprint density at radius 1 is 1.38 bits per heavy atom. The molecule has 110 valence electrons. The van der Waals surface area contributed by atoms with Crippen molar-refractivity contribution in [1.82, 2.24) is 9.88 Å². The van der Waals surface area contributed by atoms with Crippen molar-refractivity contribution in [2.24, 2.45) is 11.8 Å². The highest BCUT2D eigenvalue weighted by Gasteiger charge is 2.53. The van der Waals surface area contributed by atoms with E-state index in [0.717, 1.165) is 24.3 Å². The number of phenolic OH excluding ortho intramolecular Hbond substituents is 1. The van der Waals surface area contributed by atoms with Crippen molar-refractivity contribution in [3.8, 4) is 5.75 Å². The van der Waals surface area contributed by atoms with Gasteiger partial charge in [0.2, 0.25) is 0 Å². The summed E-state index contributed by atoms with van der Waals surface area (Å²) in [6, 6.07) is 6.52. The number of phenols is 1. The van der Waals surface area contributed by atoms with Crippen LogP contribution in [-0.2, 0) is 6.42 Å². The van der Waals surface area contributed by atoms with E-state index in [-0.39, 0.29) is 0 Å². The zero-order valence-corrected chi connectivity index (χ0v) is 12.5. The van der Waals surface area contributed by atoms with Crippen LogP contribution in [-0.4, -0.2) is 34.1 Å². The second kappa shape index (κ2) is 4.04. The number of fused-ring (bicyclic) bond motifs is 5. The number of hydrogen-bond acceptors (Lipinski definition) is 2. The molecule has 2 aliphatic heterocycles. The third-order valence-corrected chi connectivity index (χ3v) is 6.32. The summed E-state index contributed by atoms with van der Waals surface area (Å²) in [6.45, 7) is 4.86. The van der Waals surface area contributed by atoms with Crippen molar-refractivity contribution in [2.75, 3.05) is 13.1 Å². The number of H-pyrrole nitrogens is 1. The third-order valence-electron chi connectivity index (χ3n) is 6.32. The second-order valence-corrected chi connectivity index (χ2v) is 7.16.